The summed E-state index contributed by atoms with van der Waals surface area (Å²) in [6, 6.07) is 9.25. The van der Waals surface area contributed by atoms with Gasteiger partial charge in [-0.1, -0.05) is 32.0 Å². The van der Waals surface area contributed by atoms with E-state index in [1.165, 1.54) is 0 Å². The molecule has 1 aromatic carbocycles. The lowest BCUT2D eigenvalue weighted by Crippen LogP contribution is -2.29. The molecule has 1 heterocycles. The molecule has 0 saturated heterocycles. The van der Waals surface area contributed by atoms with Crippen molar-refractivity contribution in [2.24, 2.45) is 0 Å². The van der Waals surface area contributed by atoms with Gasteiger partial charge in [0.05, 0.1) is 5.52 Å². The van der Waals surface area contributed by atoms with Gasteiger partial charge < -0.3 is 15.4 Å². The molecule has 5 heteroatoms. The first kappa shape index (κ1) is 15.6. The van der Waals surface area contributed by atoms with E-state index < -0.39 is 7.12 Å². The fraction of sp³-hybridized carbons (Fsp3) is 0.357. The molecule has 19 heavy (non-hydrogen) atoms. The van der Waals surface area contributed by atoms with Crippen molar-refractivity contribution in [1.82, 2.24) is 10.3 Å². The van der Waals surface area contributed by atoms with Gasteiger partial charge in [-0.3, -0.25) is 4.98 Å². The second-order valence-corrected chi connectivity index (χ2v) is 3.98. The number of nitrogens with one attached hydrogen (secondary N) is 1. The number of hydrogen-bond donors (Lipinski definition) is 3. The van der Waals surface area contributed by atoms with Crippen LogP contribution >= 0.6 is 0 Å². The second-order valence-electron chi connectivity index (χ2n) is 3.98. The number of aromatic nitrogens is 1. The monoisotopic (exact) mass is 260 g/mol. The van der Waals surface area contributed by atoms with E-state index >= 15 is 0 Å². The van der Waals surface area contributed by atoms with Crippen LogP contribution in [0, 0.1) is 0 Å². The lowest BCUT2D eigenvalue weighted by molar-refractivity contribution is 0.426. The number of rotatable bonds is 4. The molecule has 102 valence electrons. The van der Waals surface area contributed by atoms with Gasteiger partial charge in [0.2, 0.25) is 0 Å². The molecular weight excluding hydrogens is 239 g/mol. The summed E-state index contributed by atoms with van der Waals surface area (Å²) in [4.78, 5) is 4.49. The molecule has 0 amide bonds. The topological polar surface area (TPSA) is 65.4 Å². The zero-order valence-corrected chi connectivity index (χ0v) is 11.7. The highest BCUT2D eigenvalue weighted by molar-refractivity contribution is 6.58. The summed E-state index contributed by atoms with van der Waals surface area (Å²) in [5.74, 6) is 0. The Morgan fingerprint density at radius 3 is 2.47 bits per heavy atom. The predicted molar refractivity (Wildman–Crippen MR) is 80.5 cm³/mol. The maximum atomic E-state index is 9.11. The Balaban J connectivity index is 0.000000861. The average molecular weight is 260 g/mol. The molecular formula is C14H21BN2O2. The third-order valence-electron chi connectivity index (χ3n) is 2.70. The number of nitrogens with zero attached hydrogens (tertiary/aromatic N) is 1. The van der Waals surface area contributed by atoms with Crippen LogP contribution in [0.1, 0.15) is 19.5 Å². The third-order valence-corrected chi connectivity index (χ3v) is 2.70. The molecule has 0 unspecified atom stereocenters. The van der Waals surface area contributed by atoms with Crippen molar-refractivity contribution in [3.63, 3.8) is 0 Å². The van der Waals surface area contributed by atoms with E-state index in [0.717, 1.165) is 29.6 Å². The molecule has 3 N–H and O–H groups in total. The van der Waals surface area contributed by atoms with Crippen molar-refractivity contribution in [3.8, 4) is 0 Å². The second kappa shape index (κ2) is 7.89. The van der Waals surface area contributed by atoms with E-state index in [1.807, 2.05) is 39.1 Å². The standard InChI is InChI=1S/C12H15BN2O2.C2H6/c1-14-7-6-11-5-3-9-2-4-10(13(16)17)8-12(9)15-11;1-2/h2-5,8,14,16-17H,6-7H2,1H3;1-2H3. The highest BCUT2D eigenvalue weighted by Crippen LogP contribution is 2.11. The minimum atomic E-state index is -1.44. The van der Waals surface area contributed by atoms with Crippen molar-refractivity contribution in [2.75, 3.05) is 13.6 Å². The van der Waals surface area contributed by atoms with Gasteiger partial charge in [0.15, 0.2) is 0 Å². The zero-order chi connectivity index (χ0) is 14.3. The fourth-order valence-corrected chi connectivity index (χ4v) is 1.73. The SMILES string of the molecule is CC.CNCCc1ccc2ccc(B(O)O)cc2n1. The highest BCUT2D eigenvalue weighted by Gasteiger charge is 2.11. The lowest BCUT2D eigenvalue weighted by atomic mass is 9.80. The molecule has 4 nitrogen and oxygen atoms in total. The van der Waals surface area contributed by atoms with Gasteiger partial charge in [0.1, 0.15) is 0 Å². The minimum absolute atomic E-state index is 0.468. The molecule has 0 spiro atoms. The smallest absolute Gasteiger partial charge is 0.423 e. The maximum Gasteiger partial charge on any atom is 0.488 e. The number of fused-ring (bicyclic) bond motifs is 1. The van der Waals surface area contributed by atoms with Gasteiger partial charge in [-0.05, 0) is 24.6 Å². The Hall–Kier alpha value is -1.43. The summed E-state index contributed by atoms with van der Waals surface area (Å²) in [6.45, 7) is 4.88. The van der Waals surface area contributed by atoms with Crippen LogP contribution in [0.25, 0.3) is 10.9 Å². The Kier molecular flexibility index (Phi) is 6.49. The van der Waals surface area contributed by atoms with Crippen LogP contribution in [0.15, 0.2) is 30.3 Å². The average Bonchev–Trinajstić information content (AvgIpc) is 2.46. The first-order valence-corrected chi connectivity index (χ1v) is 6.61. The van der Waals surface area contributed by atoms with Crippen molar-refractivity contribution in [2.45, 2.75) is 20.3 Å². The van der Waals surface area contributed by atoms with E-state index in [4.69, 9.17) is 10.0 Å². The molecule has 0 atom stereocenters. The van der Waals surface area contributed by atoms with Crippen LogP contribution in [-0.2, 0) is 6.42 Å². The largest absolute Gasteiger partial charge is 0.488 e. The molecule has 1 aromatic heterocycles. The molecule has 0 aliphatic heterocycles. The van der Waals surface area contributed by atoms with Gasteiger partial charge in [-0.25, -0.2) is 0 Å². The third kappa shape index (κ3) is 4.31. The molecule has 0 radical (unpaired) electrons. The Morgan fingerprint density at radius 2 is 1.84 bits per heavy atom. The van der Waals surface area contributed by atoms with Crippen LogP contribution in [0.5, 0.6) is 0 Å². The first-order chi connectivity index (χ1) is 9.20. The van der Waals surface area contributed by atoms with E-state index in [1.54, 1.807) is 12.1 Å². The maximum absolute atomic E-state index is 9.11. The molecule has 0 aliphatic rings. The zero-order valence-electron chi connectivity index (χ0n) is 11.7. The summed E-state index contributed by atoms with van der Waals surface area (Å²) in [5.41, 5.74) is 2.26. The van der Waals surface area contributed by atoms with E-state index in [-0.39, 0.29) is 0 Å². The summed E-state index contributed by atoms with van der Waals surface area (Å²) >= 11 is 0. The number of pyridine rings is 1. The first-order valence-electron chi connectivity index (χ1n) is 6.61. The summed E-state index contributed by atoms with van der Waals surface area (Å²) in [7, 11) is 0.462. The van der Waals surface area contributed by atoms with Crippen LogP contribution in [0.2, 0.25) is 0 Å². The molecule has 0 saturated carbocycles. The summed E-state index contributed by atoms with van der Waals surface area (Å²) in [6.07, 6.45) is 0.859. The van der Waals surface area contributed by atoms with Gasteiger partial charge in [-0.2, -0.15) is 0 Å². The predicted octanol–water partition coefficient (Wildman–Crippen LogP) is 0.703. The Morgan fingerprint density at radius 1 is 1.16 bits per heavy atom. The van der Waals surface area contributed by atoms with Crippen LogP contribution in [-0.4, -0.2) is 35.7 Å². The molecule has 2 aromatic rings. The number of hydrogen-bond acceptors (Lipinski definition) is 4. The minimum Gasteiger partial charge on any atom is -0.423 e. The van der Waals surface area contributed by atoms with Gasteiger partial charge >= 0.3 is 7.12 Å². The van der Waals surface area contributed by atoms with Crippen molar-refractivity contribution < 1.29 is 10.0 Å². The quantitative estimate of drug-likeness (QED) is 0.708. The lowest BCUT2D eigenvalue weighted by Gasteiger charge is -2.05. The van der Waals surface area contributed by atoms with Crippen molar-refractivity contribution in [1.29, 1.82) is 0 Å². The highest BCUT2D eigenvalue weighted by atomic mass is 16.4. The van der Waals surface area contributed by atoms with Crippen molar-refractivity contribution in [3.05, 3.63) is 36.0 Å². The van der Waals surface area contributed by atoms with Crippen molar-refractivity contribution >= 4 is 23.5 Å². The van der Waals surface area contributed by atoms with E-state index in [0.29, 0.717) is 5.46 Å². The number of benzene rings is 1. The summed E-state index contributed by atoms with van der Waals surface area (Å²) in [5, 5.41) is 22.3. The Bertz CT molecular complexity index is 518. The van der Waals surface area contributed by atoms with Gasteiger partial charge in [-0.15, -0.1) is 0 Å². The van der Waals surface area contributed by atoms with Crippen LogP contribution < -0.4 is 10.8 Å². The molecule has 2 rings (SSSR count). The van der Waals surface area contributed by atoms with E-state index in [9.17, 15) is 0 Å². The molecule has 0 aliphatic carbocycles. The normalized spacial score (nSPS) is 9.95. The fourth-order valence-electron chi connectivity index (χ4n) is 1.73. The molecule has 0 fully saturated rings. The summed E-state index contributed by atoms with van der Waals surface area (Å²) < 4.78 is 0. The van der Waals surface area contributed by atoms with Crippen LogP contribution in [0.3, 0.4) is 0 Å². The number of likely N-dealkylation sites (N-methyl/N-ethyl adjacent to an activating group) is 1. The van der Waals surface area contributed by atoms with E-state index in [2.05, 4.69) is 10.3 Å². The molecule has 0 bridgehead atoms. The van der Waals surface area contributed by atoms with Crippen LogP contribution in [0.4, 0.5) is 0 Å². The van der Waals surface area contributed by atoms with Gasteiger partial charge in [0, 0.05) is 24.0 Å². The van der Waals surface area contributed by atoms with Gasteiger partial charge in [0.25, 0.3) is 0 Å². The Labute approximate surface area is 114 Å².